The first kappa shape index (κ1) is 26.7. The number of rotatable bonds is 10. The van der Waals surface area contributed by atoms with Crippen molar-refractivity contribution >= 4 is 17.4 Å². The molecule has 40 heavy (non-hydrogen) atoms. The minimum atomic E-state index is -0.836. The summed E-state index contributed by atoms with van der Waals surface area (Å²) in [5.74, 6) is 0.0976. The van der Waals surface area contributed by atoms with Crippen molar-refractivity contribution in [1.82, 2.24) is 9.88 Å². The summed E-state index contributed by atoms with van der Waals surface area (Å²) < 4.78 is 11.9. The molecule has 1 fully saturated rings. The van der Waals surface area contributed by atoms with Gasteiger partial charge < -0.3 is 19.5 Å². The molecule has 7 nitrogen and oxygen atoms in total. The van der Waals surface area contributed by atoms with Crippen LogP contribution >= 0.6 is 0 Å². The van der Waals surface area contributed by atoms with E-state index in [9.17, 15) is 14.7 Å². The van der Waals surface area contributed by atoms with Gasteiger partial charge in [-0.1, -0.05) is 55.8 Å². The summed E-state index contributed by atoms with van der Waals surface area (Å²) in [4.78, 5) is 32.4. The zero-order valence-electron chi connectivity index (χ0n) is 22.2. The summed E-state index contributed by atoms with van der Waals surface area (Å²) in [6.45, 7) is 2.79. The number of aliphatic hydroxyl groups excluding tert-OH is 1. The van der Waals surface area contributed by atoms with Crippen LogP contribution in [-0.2, 0) is 16.1 Å². The number of hydrogen-bond donors (Lipinski definition) is 1. The Labute approximate surface area is 233 Å². The lowest BCUT2D eigenvalue weighted by atomic mass is 9.95. The summed E-state index contributed by atoms with van der Waals surface area (Å²) in [5.41, 5.74) is 1.86. The zero-order valence-corrected chi connectivity index (χ0v) is 22.2. The summed E-state index contributed by atoms with van der Waals surface area (Å²) in [6, 6.07) is 26.3. The number of likely N-dealkylation sites (tertiary alicyclic amines) is 1. The number of para-hydroxylation sites is 1. The second-order valence-corrected chi connectivity index (χ2v) is 9.50. The molecule has 1 unspecified atom stereocenters. The van der Waals surface area contributed by atoms with E-state index in [1.54, 1.807) is 54.9 Å². The number of Topliss-reactive ketones (excluding diaryl/α,β-unsaturated/α-hetero) is 1. The van der Waals surface area contributed by atoms with Gasteiger partial charge in [-0.2, -0.15) is 0 Å². The molecule has 1 saturated heterocycles. The number of nitrogens with zero attached hydrogens (tertiary/aromatic N) is 2. The molecule has 0 bridgehead atoms. The van der Waals surface area contributed by atoms with Crippen LogP contribution in [0.2, 0.25) is 0 Å². The molecule has 5 rings (SSSR count). The Hall–Kier alpha value is -4.91. The lowest BCUT2D eigenvalue weighted by molar-refractivity contribution is -0.140. The Morgan fingerprint density at radius 3 is 2.38 bits per heavy atom. The lowest BCUT2D eigenvalue weighted by Crippen LogP contribution is -2.29. The van der Waals surface area contributed by atoms with Crippen molar-refractivity contribution in [2.75, 3.05) is 6.61 Å². The lowest BCUT2D eigenvalue weighted by Gasteiger charge is -2.26. The van der Waals surface area contributed by atoms with Crippen LogP contribution in [0.4, 0.5) is 0 Å². The first-order chi connectivity index (χ1) is 19.5. The topological polar surface area (TPSA) is 89.0 Å². The van der Waals surface area contributed by atoms with Gasteiger partial charge >= 0.3 is 0 Å². The highest BCUT2D eigenvalue weighted by atomic mass is 16.5. The minimum absolute atomic E-state index is 0.0154. The van der Waals surface area contributed by atoms with E-state index in [-0.39, 0.29) is 17.9 Å². The third kappa shape index (κ3) is 5.89. The molecule has 3 aromatic carbocycles. The van der Waals surface area contributed by atoms with Gasteiger partial charge in [0.15, 0.2) is 0 Å². The van der Waals surface area contributed by atoms with Crippen LogP contribution in [0.5, 0.6) is 17.2 Å². The van der Waals surface area contributed by atoms with Crippen molar-refractivity contribution in [2.24, 2.45) is 0 Å². The standard InChI is InChI=1S/C33H30N2O5/c1-2-3-19-39-27-13-8-10-25(21-27)31(36)29-30(35(33(38)32(29)37)22-23-15-17-34-18-16-23)24-9-7-14-28(20-24)40-26-11-5-4-6-12-26/h4-18,20-21,30,36H,2-3,19,22H2,1H3/b31-29+. The highest BCUT2D eigenvalue weighted by Crippen LogP contribution is 2.41. The average molecular weight is 535 g/mol. The molecular weight excluding hydrogens is 504 g/mol. The van der Waals surface area contributed by atoms with E-state index in [1.165, 1.54) is 4.90 Å². The van der Waals surface area contributed by atoms with Gasteiger partial charge in [-0.3, -0.25) is 14.6 Å². The molecule has 7 heteroatoms. The van der Waals surface area contributed by atoms with Gasteiger partial charge in [0, 0.05) is 24.5 Å². The molecule has 1 aromatic heterocycles. The molecule has 202 valence electrons. The number of aromatic nitrogens is 1. The average Bonchev–Trinajstić information content (AvgIpc) is 3.23. The summed E-state index contributed by atoms with van der Waals surface area (Å²) >= 11 is 0. The molecular formula is C33H30N2O5. The molecule has 1 N–H and O–H groups in total. The van der Waals surface area contributed by atoms with Crippen molar-refractivity contribution in [3.63, 3.8) is 0 Å². The van der Waals surface area contributed by atoms with Crippen molar-refractivity contribution in [3.8, 4) is 17.2 Å². The zero-order chi connectivity index (χ0) is 27.9. The molecule has 4 aromatic rings. The third-order valence-electron chi connectivity index (χ3n) is 6.67. The fraction of sp³-hybridized carbons (Fsp3) is 0.182. The fourth-order valence-electron chi connectivity index (χ4n) is 4.67. The normalized spacial score (nSPS) is 16.2. The number of ether oxygens (including phenoxy) is 2. The molecule has 0 radical (unpaired) electrons. The Morgan fingerprint density at radius 1 is 0.875 bits per heavy atom. The van der Waals surface area contributed by atoms with Crippen LogP contribution < -0.4 is 9.47 Å². The number of ketones is 1. The number of carbonyl (C=O) groups is 2. The maximum absolute atomic E-state index is 13.5. The summed E-state index contributed by atoms with van der Waals surface area (Å²) in [7, 11) is 0. The van der Waals surface area contributed by atoms with Gasteiger partial charge in [-0.05, 0) is 66.1 Å². The van der Waals surface area contributed by atoms with Crippen molar-refractivity contribution in [2.45, 2.75) is 32.4 Å². The predicted molar refractivity (Wildman–Crippen MR) is 152 cm³/mol. The van der Waals surface area contributed by atoms with Crippen molar-refractivity contribution in [3.05, 3.63) is 126 Å². The Morgan fingerprint density at radius 2 is 1.60 bits per heavy atom. The highest BCUT2D eigenvalue weighted by molar-refractivity contribution is 6.46. The van der Waals surface area contributed by atoms with Gasteiger partial charge in [0.05, 0.1) is 18.2 Å². The summed E-state index contributed by atoms with van der Waals surface area (Å²) in [6.07, 6.45) is 5.17. The number of carbonyl (C=O) groups excluding carboxylic acids is 2. The smallest absolute Gasteiger partial charge is 0.295 e. The van der Waals surface area contributed by atoms with Crippen molar-refractivity contribution in [1.29, 1.82) is 0 Å². The molecule has 2 heterocycles. The monoisotopic (exact) mass is 534 g/mol. The highest BCUT2D eigenvalue weighted by Gasteiger charge is 2.46. The summed E-state index contributed by atoms with van der Waals surface area (Å²) in [5, 5.41) is 11.5. The van der Waals surface area contributed by atoms with Crippen LogP contribution in [0.25, 0.3) is 5.76 Å². The number of benzene rings is 3. The number of pyridine rings is 1. The quantitative estimate of drug-likeness (QED) is 0.106. The second kappa shape index (κ2) is 12.3. The van der Waals surface area contributed by atoms with Crippen LogP contribution in [0, 0.1) is 0 Å². The van der Waals surface area contributed by atoms with Gasteiger partial charge in [0.1, 0.15) is 23.0 Å². The Bertz CT molecular complexity index is 1520. The van der Waals surface area contributed by atoms with E-state index in [0.717, 1.165) is 18.4 Å². The largest absolute Gasteiger partial charge is 0.507 e. The molecule has 1 aliphatic heterocycles. The number of unbranched alkanes of at least 4 members (excludes halogenated alkanes) is 1. The van der Waals surface area contributed by atoms with E-state index in [4.69, 9.17) is 9.47 Å². The molecule has 1 amide bonds. The molecule has 0 aliphatic carbocycles. The van der Waals surface area contributed by atoms with Crippen molar-refractivity contribution < 1.29 is 24.2 Å². The maximum atomic E-state index is 13.5. The van der Waals surface area contributed by atoms with E-state index in [2.05, 4.69) is 11.9 Å². The van der Waals surface area contributed by atoms with E-state index >= 15 is 0 Å². The SMILES string of the molecule is CCCCOc1cccc(/C(O)=C2\C(=O)C(=O)N(Cc3ccncc3)C2c2cccc(Oc3ccccc3)c2)c1. The molecule has 1 atom stereocenters. The Kier molecular flexibility index (Phi) is 8.21. The number of aliphatic hydroxyl groups is 1. The van der Waals surface area contributed by atoms with E-state index in [1.807, 2.05) is 48.5 Å². The van der Waals surface area contributed by atoms with Crippen LogP contribution in [-0.4, -0.2) is 33.3 Å². The predicted octanol–water partition coefficient (Wildman–Crippen LogP) is 6.67. The van der Waals surface area contributed by atoms with E-state index in [0.29, 0.717) is 35.0 Å². The van der Waals surface area contributed by atoms with Gasteiger partial charge in [-0.25, -0.2) is 0 Å². The van der Waals surface area contributed by atoms with Gasteiger partial charge in [0.25, 0.3) is 11.7 Å². The fourth-order valence-corrected chi connectivity index (χ4v) is 4.67. The third-order valence-corrected chi connectivity index (χ3v) is 6.67. The minimum Gasteiger partial charge on any atom is -0.507 e. The van der Waals surface area contributed by atoms with Crippen LogP contribution in [0.3, 0.4) is 0 Å². The first-order valence-electron chi connectivity index (χ1n) is 13.3. The van der Waals surface area contributed by atoms with Crippen LogP contribution in [0.1, 0.15) is 42.5 Å². The van der Waals surface area contributed by atoms with Crippen LogP contribution in [0.15, 0.2) is 109 Å². The number of hydrogen-bond acceptors (Lipinski definition) is 6. The van der Waals surface area contributed by atoms with Gasteiger partial charge in [0.2, 0.25) is 0 Å². The molecule has 1 aliphatic rings. The maximum Gasteiger partial charge on any atom is 0.295 e. The van der Waals surface area contributed by atoms with Gasteiger partial charge in [-0.15, -0.1) is 0 Å². The second-order valence-electron chi connectivity index (χ2n) is 9.50. The first-order valence-corrected chi connectivity index (χ1v) is 13.3. The van der Waals surface area contributed by atoms with E-state index < -0.39 is 17.7 Å². The number of amides is 1. The molecule has 0 spiro atoms. The Balaban J connectivity index is 1.57. The molecule has 0 saturated carbocycles.